The zero-order valence-corrected chi connectivity index (χ0v) is 12.6. The first-order chi connectivity index (χ1) is 9.96. The molecule has 0 spiro atoms. The van der Waals surface area contributed by atoms with Crippen LogP contribution in [0, 0.1) is 0 Å². The zero-order valence-electron chi connectivity index (χ0n) is 11.8. The minimum absolute atomic E-state index is 0.0545. The maximum atomic E-state index is 12.3. The lowest BCUT2D eigenvalue weighted by molar-refractivity contribution is 0.266. The molecule has 0 saturated heterocycles. The van der Waals surface area contributed by atoms with Crippen molar-refractivity contribution in [3.63, 3.8) is 0 Å². The first-order valence-electron chi connectivity index (χ1n) is 6.34. The Bertz CT molecular complexity index is 725. The summed E-state index contributed by atoms with van der Waals surface area (Å²) in [5, 5.41) is 13.2. The topological polar surface area (TPSA) is 93.5 Å². The quantitative estimate of drug-likeness (QED) is 0.833. The summed E-state index contributed by atoms with van der Waals surface area (Å²) in [5.74, 6) is 0.473. The van der Waals surface area contributed by atoms with Gasteiger partial charge in [-0.1, -0.05) is 0 Å². The number of hydrogen-bond acceptors (Lipinski definition) is 5. The first kappa shape index (κ1) is 15.3. The van der Waals surface area contributed by atoms with E-state index >= 15 is 0 Å². The van der Waals surface area contributed by atoms with E-state index in [-0.39, 0.29) is 11.5 Å². The van der Waals surface area contributed by atoms with Gasteiger partial charge in [0.25, 0.3) is 10.0 Å². The summed E-state index contributed by atoms with van der Waals surface area (Å²) in [6, 6.07) is 4.36. The summed E-state index contributed by atoms with van der Waals surface area (Å²) in [6.45, 7) is 1.95. The molecule has 0 amide bonds. The van der Waals surface area contributed by atoms with Crippen molar-refractivity contribution in [3.8, 4) is 5.75 Å². The van der Waals surface area contributed by atoms with Gasteiger partial charge in [0.2, 0.25) is 0 Å². The number of hydrogen-bond donors (Lipinski definition) is 2. The fourth-order valence-corrected chi connectivity index (χ4v) is 2.91. The second-order valence-electron chi connectivity index (χ2n) is 4.37. The fourth-order valence-electron chi connectivity index (χ4n) is 1.83. The highest BCUT2D eigenvalue weighted by Gasteiger charge is 2.17. The van der Waals surface area contributed by atoms with Gasteiger partial charge < -0.3 is 9.84 Å². The van der Waals surface area contributed by atoms with E-state index in [0.717, 1.165) is 0 Å². The molecule has 1 aromatic heterocycles. The lowest BCUT2D eigenvalue weighted by Gasteiger charge is -2.11. The molecule has 8 heteroatoms. The summed E-state index contributed by atoms with van der Waals surface area (Å²) < 4.78 is 33.8. The van der Waals surface area contributed by atoms with Gasteiger partial charge in [-0.05, 0) is 25.1 Å². The van der Waals surface area contributed by atoms with E-state index in [1.54, 1.807) is 13.2 Å². The Morgan fingerprint density at radius 1 is 1.43 bits per heavy atom. The van der Waals surface area contributed by atoms with Gasteiger partial charge in [0.1, 0.15) is 5.75 Å². The average Bonchev–Trinajstić information content (AvgIpc) is 2.84. The van der Waals surface area contributed by atoms with Gasteiger partial charge in [-0.15, -0.1) is 0 Å². The molecule has 0 radical (unpaired) electrons. The number of anilines is 1. The smallest absolute Gasteiger partial charge is 0.262 e. The van der Waals surface area contributed by atoms with E-state index in [2.05, 4.69) is 9.82 Å². The molecule has 0 aliphatic rings. The number of aromatic nitrogens is 2. The van der Waals surface area contributed by atoms with Crippen LogP contribution in [0.5, 0.6) is 5.75 Å². The monoisotopic (exact) mass is 311 g/mol. The maximum absolute atomic E-state index is 12.3. The third kappa shape index (κ3) is 3.53. The highest BCUT2D eigenvalue weighted by atomic mass is 32.2. The summed E-state index contributed by atoms with van der Waals surface area (Å²) in [6.07, 6.45) is 2.97. The molecule has 2 N–H and O–H groups in total. The molecular weight excluding hydrogens is 294 g/mol. The van der Waals surface area contributed by atoms with Crippen LogP contribution in [0.4, 0.5) is 5.69 Å². The molecule has 0 atom stereocenters. The van der Waals surface area contributed by atoms with Crippen molar-refractivity contribution in [1.82, 2.24) is 9.78 Å². The second kappa shape index (κ2) is 6.15. The van der Waals surface area contributed by atoms with Crippen LogP contribution < -0.4 is 9.46 Å². The second-order valence-corrected chi connectivity index (χ2v) is 6.05. The van der Waals surface area contributed by atoms with Crippen LogP contribution >= 0.6 is 0 Å². The van der Waals surface area contributed by atoms with Crippen LogP contribution in [0.25, 0.3) is 0 Å². The van der Waals surface area contributed by atoms with Crippen LogP contribution in [-0.2, 0) is 23.7 Å². The van der Waals surface area contributed by atoms with Crippen LogP contribution in [0.15, 0.2) is 35.5 Å². The van der Waals surface area contributed by atoms with Crippen LogP contribution in [0.3, 0.4) is 0 Å². The Hall–Kier alpha value is -2.06. The van der Waals surface area contributed by atoms with E-state index in [9.17, 15) is 13.5 Å². The largest absolute Gasteiger partial charge is 0.494 e. The van der Waals surface area contributed by atoms with E-state index in [1.807, 2.05) is 6.92 Å². The van der Waals surface area contributed by atoms with Gasteiger partial charge in [-0.25, -0.2) is 8.42 Å². The molecule has 0 unspecified atom stereocenters. The number of rotatable bonds is 6. The molecule has 0 bridgehead atoms. The number of nitrogens with one attached hydrogen (secondary N) is 1. The highest BCUT2D eigenvalue weighted by molar-refractivity contribution is 7.92. The normalized spacial score (nSPS) is 11.4. The molecule has 1 heterocycles. The Kier molecular flexibility index (Phi) is 4.49. The van der Waals surface area contributed by atoms with Crippen molar-refractivity contribution in [1.29, 1.82) is 0 Å². The number of sulfonamides is 1. The van der Waals surface area contributed by atoms with Crippen molar-refractivity contribution in [2.24, 2.45) is 7.05 Å². The van der Waals surface area contributed by atoms with Crippen molar-refractivity contribution in [3.05, 3.63) is 36.2 Å². The third-order valence-electron chi connectivity index (χ3n) is 2.77. The Morgan fingerprint density at radius 3 is 2.76 bits per heavy atom. The predicted molar refractivity (Wildman–Crippen MR) is 77.6 cm³/mol. The predicted octanol–water partition coefficient (Wildman–Crippen LogP) is 1.11. The van der Waals surface area contributed by atoms with Gasteiger partial charge >= 0.3 is 0 Å². The van der Waals surface area contributed by atoms with Crippen molar-refractivity contribution in [2.75, 3.05) is 11.3 Å². The number of nitrogens with zero attached hydrogens (tertiary/aromatic N) is 2. The van der Waals surface area contributed by atoms with Gasteiger partial charge in [0.05, 0.1) is 30.0 Å². The van der Waals surface area contributed by atoms with Gasteiger partial charge in [-0.2, -0.15) is 5.10 Å². The summed E-state index contributed by atoms with van der Waals surface area (Å²) >= 11 is 0. The molecule has 114 valence electrons. The number of ether oxygens (including phenoxy) is 1. The van der Waals surface area contributed by atoms with Crippen LogP contribution in [0.2, 0.25) is 0 Å². The summed E-state index contributed by atoms with van der Waals surface area (Å²) in [4.78, 5) is 0.0545. The van der Waals surface area contributed by atoms with E-state index in [4.69, 9.17) is 4.74 Å². The summed E-state index contributed by atoms with van der Waals surface area (Å²) in [7, 11) is -2.04. The van der Waals surface area contributed by atoms with Crippen molar-refractivity contribution < 1.29 is 18.3 Å². The van der Waals surface area contributed by atoms with E-state index in [0.29, 0.717) is 23.6 Å². The molecular formula is C13H17N3O4S. The maximum Gasteiger partial charge on any atom is 0.262 e. The van der Waals surface area contributed by atoms with Gasteiger partial charge in [-0.3, -0.25) is 9.40 Å². The minimum atomic E-state index is -3.73. The highest BCUT2D eigenvalue weighted by Crippen LogP contribution is 2.24. The lowest BCUT2D eigenvalue weighted by Crippen LogP contribution is -2.13. The van der Waals surface area contributed by atoms with Crippen molar-refractivity contribution in [2.45, 2.75) is 18.4 Å². The zero-order chi connectivity index (χ0) is 15.5. The van der Waals surface area contributed by atoms with Crippen molar-refractivity contribution >= 4 is 15.7 Å². The Balaban J connectivity index is 2.31. The molecule has 0 aliphatic heterocycles. The average molecular weight is 311 g/mol. The summed E-state index contributed by atoms with van der Waals surface area (Å²) in [5.41, 5.74) is 0.794. The Morgan fingerprint density at radius 2 is 2.19 bits per heavy atom. The number of aliphatic hydroxyl groups excluding tert-OH is 1. The molecule has 2 rings (SSSR count). The van der Waals surface area contributed by atoms with Crippen LogP contribution in [-0.4, -0.2) is 29.9 Å². The molecule has 0 saturated carbocycles. The molecule has 2 aromatic rings. The number of aryl methyl sites for hydroxylation is 1. The minimum Gasteiger partial charge on any atom is -0.494 e. The third-order valence-corrected chi connectivity index (χ3v) is 4.15. The van der Waals surface area contributed by atoms with E-state index in [1.165, 1.54) is 29.1 Å². The molecule has 0 aliphatic carbocycles. The molecule has 1 aromatic carbocycles. The molecule has 0 fully saturated rings. The Labute approximate surface area is 123 Å². The van der Waals surface area contributed by atoms with Gasteiger partial charge in [0.15, 0.2) is 0 Å². The van der Waals surface area contributed by atoms with Crippen LogP contribution in [0.1, 0.15) is 12.5 Å². The number of benzene rings is 1. The van der Waals surface area contributed by atoms with Gasteiger partial charge in [0, 0.05) is 18.8 Å². The SMILES string of the molecule is CCOc1ccc(S(=O)(=O)Nc2cnn(C)c2)cc1CO. The number of aliphatic hydroxyl groups is 1. The molecule has 21 heavy (non-hydrogen) atoms. The van der Waals surface area contributed by atoms with E-state index < -0.39 is 10.0 Å². The lowest BCUT2D eigenvalue weighted by atomic mass is 10.2. The first-order valence-corrected chi connectivity index (χ1v) is 7.82. The fraction of sp³-hybridized carbons (Fsp3) is 0.308. The standard InChI is InChI=1S/C13H17N3O4S/c1-3-20-13-5-4-12(6-10(13)9-17)21(18,19)15-11-7-14-16(2)8-11/h4-8,15,17H,3,9H2,1-2H3. The molecule has 7 nitrogen and oxygen atoms in total.